The van der Waals surface area contributed by atoms with Gasteiger partial charge in [-0.3, -0.25) is 0 Å². The van der Waals surface area contributed by atoms with E-state index in [9.17, 15) is 0 Å². The van der Waals surface area contributed by atoms with Crippen LogP contribution in [0.1, 0.15) is 25.0 Å². The highest BCUT2D eigenvalue weighted by Gasteiger charge is 2.19. The van der Waals surface area contributed by atoms with E-state index in [0.717, 1.165) is 11.1 Å². The highest BCUT2D eigenvalue weighted by atomic mass is 35.5. The van der Waals surface area contributed by atoms with Crippen LogP contribution in [0.15, 0.2) is 0 Å². The van der Waals surface area contributed by atoms with Crippen molar-refractivity contribution in [1.29, 1.82) is 0 Å². The first-order valence-electron chi connectivity index (χ1n) is 4.53. The van der Waals surface area contributed by atoms with Crippen LogP contribution >= 0.6 is 11.6 Å². The molecule has 15 heavy (non-hydrogen) atoms. The molecule has 1 rings (SSSR count). The van der Waals surface area contributed by atoms with E-state index in [0.29, 0.717) is 11.0 Å². The lowest BCUT2D eigenvalue weighted by molar-refractivity contribution is 0.161. The summed E-state index contributed by atoms with van der Waals surface area (Å²) in [6.45, 7) is 7.32. The third-order valence-electron chi connectivity index (χ3n) is 2.12. The average molecular weight is 225 g/mol. The summed E-state index contributed by atoms with van der Waals surface area (Å²) in [6.07, 6.45) is 5.32. The molecule has 4 heteroatoms. The molecule has 1 aromatic heterocycles. The summed E-state index contributed by atoms with van der Waals surface area (Å²) >= 11 is 5.82. The van der Waals surface area contributed by atoms with Gasteiger partial charge in [0.25, 0.3) is 0 Å². The minimum Gasteiger partial charge on any atom is -0.457 e. The van der Waals surface area contributed by atoms with E-state index < -0.39 is 5.60 Å². The summed E-state index contributed by atoms with van der Waals surface area (Å²) in [5, 5.41) is 8.04. The molecule has 0 saturated carbocycles. The predicted octanol–water partition coefficient (Wildman–Crippen LogP) is 2.54. The van der Waals surface area contributed by atoms with Gasteiger partial charge in [0.05, 0.1) is 0 Å². The molecule has 0 aliphatic heterocycles. The number of hydrogen-bond acceptors (Lipinski definition) is 3. The smallest absolute Gasteiger partial charge is 0.238 e. The number of terminal acetylenes is 1. The Kier molecular flexibility index (Phi) is 3.21. The number of nitrogens with zero attached hydrogens (tertiary/aromatic N) is 2. The van der Waals surface area contributed by atoms with Gasteiger partial charge in [-0.05, 0) is 33.3 Å². The second-order valence-corrected chi connectivity index (χ2v) is 4.16. The van der Waals surface area contributed by atoms with Crippen LogP contribution < -0.4 is 4.74 Å². The second-order valence-electron chi connectivity index (χ2n) is 3.80. The summed E-state index contributed by atoms with van der Waals surface area (Å²) in [7, 11) is 0. The SMILES string of the molecule is C#CC(C)(C)Oc1nnc(Cl)c(C)c1C. The van der Waals surface area contributed by atoms with Crippen molar-refractivity contribution in [2.75, 3.05) is 0 Å². The number of hydrogen-bond donors (Lipinski definition) is 0. The summed E-state index contributed by atoms with van der Waals surface area (Å²) in [6, 6.07) is 0. The first-order valence-corrected chi connectivity index (χ1v) is 4.91. The van der Waals surface area contributed by atoms with Crippen LogP contribution in [0.3, 0.4) is 0 Å². The van der Waals surface area contributed by atoms with Gasteiger partial charge in [-0.25, -0.2) is 0 Å². The molecule has 0 amide bonds. The fraction of sp³-hybridized carbons (Fsp3) is 0.455. The van der Waals surface area contributed by atoms with Crippen LogP contribution in [0, 0.1) is 26.2 Å². The van der Waals surface area contributed by atoms with Gasteiger partial charge in [-0.1, -0.05) is 17.5 Å². The largest absolute Gasteiger partial charge is 0.457 e. The molecule has 0 spiro atoms. The molecule has 0 aromatic carbocycles. The highest BCUT2D eigenvalue weighted by Crippen LogP contribution is 2.25. The molecule has 3 nitrogen and oxygen atoms in total. The molecule has 0 saturated heterocycles. The third kappa shape index (κ3) is 2.60. The van der Waals surface area contributed by atoms with Crippen LogP contribution in [0.5, 0.6) is 5.88 Å². The van der Waals surface area contributed by atoms with Crippen LogP contribution in [0.2, 0.25) is 5.15 Å². The van der Waals surface area contributed by atoms with Gasteiger partial charge in [0.2, 0.25) is 5.88 Å². The van der Waals surface area contributed by atoms with Gasteiger partial charge >= 0.3 is 0 Å². The Morgan fingerprint density at radius 2 is 1.87 bits per heavy atom. The summed E-state index contributed by atoms with van der Waals surface area (Å²) in [5.41, 5.74) is 1.02. The van der Waals surface area contributed by atoms with E-state index in [2.05, 4.69) is 16.1 Å². The van der Waals surface area contributed by atoms with Crippen molar-refractivity contribution in [2.45, 2.75) is 33.3 Å². The van der Waals surface area contributed by atoms with Crippen molar-refractivity contribution < 1.29 is 4.74 Å². The lowest BCUT2D eigenvalue weighted by Crippen LogP contribution is -2.26. The molecule has 0 N–H and O–H groups in total. The lowest BCUT2D eigenvalue weighted by atomic mass is 10.1. The Balaban J connectivity index is 3.09. The molecule has 0 unspecified atom stereocenters. The monoisotopic (exact) mass is 224 g/mol. The second kappa shape index (κ2) is 4.08. The van der Waals surface area contributed by atoms with Crippen molar-refractivity contribution in [3.8, 4) is 18.2 Å². The zero-order valence-electron chi connectivity index (χ0n) is 9.26. The van der Waals surface area contributed by atoms with E-state index in [1.807, 2.05) is 13.8 Å². The van der Waals surface area contributed by atoms with Gasteiger partial charge < -0.3 is 4.74 Å². The first kappa shape index (κ1) is 11.8. The Hall–Kier alpha value is -1.27. The molecular formula is C11H13ClN2O. The predicted molar refractivity (Wildman–Crippen MR) is 60.1 cm³/mol. The number of ether oxygens (including phenoxy) is 1. The van der Waals surface area contributed by atoms with Gasteiger partial charge in [0.1, 0.15) is 0 Å². The molecule has 0 aliphatic rings. The quantitative estimate of drug-likeness (QED) is 0.725. The van der Waals surface area contributed by atoms with Gasteiger partial charge in [-0.2, -0.15) is 0 Å². The van der Waals surface area contributed by atoms with Crippen molar-refractivity contribution in [1.82, 2.24) is 10.2 Å². The standard InChI is InChI=1S/C11H13ClN2O/c1-6-11(4,5)15-10-8(3)7(2)9(12)13-14-10/h1H,2-5H3. The molecule has 0 atom stereocenters. The fourth-order valence-corrected chi connectivity index (χ4v) is 1.10. The zero-order valence-corrected chi connectivity index (χ0v) is 10.0. The maximum absolute atomic E-state index is 5.82. The van der Waals surface area contributed by atoms with E-state index >= 15 is 0 Å². The fourth-order valence-electron chi connectivity index (χ4n) is 0.923. The molecule has 0 radical (unpaired) electrons. The Bertz CT molecular complexity index is 421. The lowest BCUT2D eigenvalue weighted by Gasteiger charge is -2.20. The molecule has 1 heterocycles. The van der Waals surface area contributed by atoms with E-state index in [-0.39, 0.29) is 0 Å². The summed E-state index contributed by atoms with van der Waals surface area (Å²) in [4.78, 5) is 0. The van der Waals surface area contributed by atoms with Crippen molar-refractivity contribution >= 4 is 11.6 Å². The van der Waals surface area contributed by atoms with Crippen LogP contribution in [-0.2, 0) is 0 Å². The first-order chi connectivity index (χ1) is 6.87. The van der Waals surface area contributed by atoms with Crippen molar-refractivity contribution in [3.63, 3.8) is 0 Å². The number of halogens is 1. The molecule has 80 valence electrons. The molecule has 0 aliphatic carbocycles. The summed E-state index contributed by atoms with van der Waals surface area (Å²) in [5.74, 6) is 2.96. The zero-order chi connectivity index (χ0) is 11.6. The van der Waals surface area contributed by atoms with Gasteiger partial charge in [-0.15, -0.1) is 16.6 Å². The highest BCUT2D eigenvalue weighted by molar-refractivity contribution is 6.30. The minimum atomic E-state index is -0.695. The Labute approximate surface area is 94.8 Å². The van der Waals surface area contributed by atoms with Gasteiger partial charge in [0, 0.05) is 5.56 Å². The maximum atomic E-state index is 5.82. The Morgan fingerprint density at radius 1 is 1.27 bits per heavy atom. The number of rotatable bonds is 2. The Morgan fingerprint density at radius 3 is 2.40 bits per heavy atom. The van der Waals surface area contributed by atoms with Gasteiger partial charge in [0.15, 0.2) is 10.8 Å². The van der Waals surface area contributed by atoms with E-state index in [4.69, 9.17) is 22.8 Å². The summed E-state index contributed by atoms with van der Waals surface area (Å²) < 4.78 is 5.55. The molecular weight excluding hydrogens is 212 g/mol. The van der Waals surface area contributed by atoms with E-state index in [1.165, 1.54) is 0 Å². The van der Waals surface area contributed by atoms with Crippen LogP contribution in [0.25, 0.3) is 0 Å². The molecule has 1 aromatic rings. The van der Waals surface area contributed by atoms with E-state index in [1.54, 1.807) is 13.8 Å². The van der Waals surface area contributed by atoms with Crippen molar-refractivity contribution in [2.24, 2.45) is 0 Å². The molecule has 0 fully saturated rings. The average Bonchev–Trinajstić information content (AvgIpc) is 2.19. The molecule has 0 bridgehead atoms. The van der Waals surface area contributed by atoms with Crippen LogP contribution in [0.4, 0.5) is 0 Å². The maximum Gasteiger partial charge on any atom is 0.238 e. The topological polar surface area (TPSA) is 35.0 Å². The normalized spacial score (nSPS) is 10.9. The van der Waals surface area contributed by atoms with Crippen molar-refractivity contribution in [3.05, 3.63) is 16.3 Å². The minimum absolute atomic E-state index is 0.387. The number of aromatic nitrogens is 2. The van der Waals surface area contributed by atoms with Crippen LogP contribution in [-0.4, -0.2) is 15.8 Å². The third-order valence-corrected chi connectivity index (χ3v) is 2.48.